The van der Waals surface area contributed by atoms with Gasteiger partial charge in [-0.05, 0) is 18.4 Å². The molecule has 1 aromatic rings. The van der Waals surface area contributed by atoms with Gasteiger partial charge in [0.1, 0.15) is 5.75 Å². The zero-order valence-corrected chi connectivity index (χ0v) is 11.3. The highest BCUT2D eigenvalue weighted by Gasteiger charge is 2.23. The Labute approximate surface area is 103 Å². The van der Waals surface area contributed by atoms with Crippen LogP contribution in [-0.4, -0.2) is 19.6 Å². The van der Waals surface area contributed by atoms with E-state index in [0.717, 1.165) is 5.56 Å². The maximum absolute atomic E-state index is 11.9. The third kappa shape index (κ3) is 2.99. The van der Waals surface area contributed by atoms with Crippen LogP contribution >= 0.6 is 0 Å². The van der Waals surface area contributed by atoms with Crippen LogP contribution in [0, 0.1) is 0 Å². The van der Waals surface area contributed by atoms with Crippen molar-refractivity contribution in [2.45, 2.75) is 33.1 Å². The molecule has 1 rings (SSSR count). The predicted octanol–water partition coefficient (Wildman–Crippen LogP) is 2.74. The van der Waals surface area contributed by atoms with E-state index >= 15 is 0 Å². The first-order valence-corrected chi connectivity index (χ1v) is 5.87. The molecule has 0 aromatic heterocycles. The fraction of sp³-hybridized carbons (Fsp3) is 0.500. The Morgan fingerprint density at radius 1 is 1.35 bits per heavy atom. The standard InChI is InChI=1S/C14H21NO2/c1-6-15-13(16)10-8-7-9-11(12(10)17-5)14(2,3)4/h7-9H,6H2,1-5H3,(H,15,16). The summed E-state index contributed by atoms with van der Waals surface area (Å²) in [5.41, 5.74) is 1.60. The molecule has 1 N–H and O–H groups in total. The highest BCUT2D eigenvalue weighted by Crippen LogP contribution is 2.33. The summed E-state index contributed by atoms with van der Waals surface area (Å²) in [5, 5.41) is 2.80. The first kappa shape index (κ1) is 13.6. The third-order valence-corrected chi connectivity index (χ3v) is 2.61. The van der Waals surface area contributed by atoms with Gasteiger partial charge in [0.15, 0.2) is 0 Å². The average molecular weight is 235 g/mol. The van der Waals surface area contributed by atoms with Gasteiger partial charge in [0.2, 0.25) is 0 Å². The predicted molar refractivity (Wildman–Crippen MR) is 69.7 cm³/mol. The number of amides is 1. The van der Waals surface area contributed by atoms with E-state index in [9.17, 15) is 4.79 Å². The molecule has 1 amide bonds. The van der Waals surface area contributed by atoms with E-state index in [1.54, 1.807) is 13.2 Å². The molecule has 0 atom stereocenters. The molecule has 0 saturated carbocycles. The molecule has 1 aromatic carbocycles. The second kappa shape index (κ2) is 5.21. The Bertz CT molecular complexity index is 405. The van der Waals surface area contributed by atoms with E-state index in [2.05, 4.69) is 26.1 Å². The van der Waals surface area contributed by atoms with Crippen molar-refractivity contribution >= 4 is 5.91 Å². The first-order valence-electron chi connectivity index (χ1n) is 5.87. The van der Waals surface area contributed by atoms with Crippen LogP contribution in [0.5, 0.6) is 5.75 Å². The molecule has 0 bridgehead atoms. The molecule has 17 heavy (non-hydrogen) atoms. The molecule has 3 nitrogen and oxygen atoms in total. The Morgan fingerprint density at radius 2 is 2.00 bits per heavy atom. The van der Waals surface area contributed by atoms with E-state index < -0.39 is 0 Å². The van der Waals surface area contributed by atoms with Crippen LogP contribution in [-0.2, 0) is 5.41 Å². The lowest BCUT2D eigenvalue weighted by molar-refractivity contribution is 0.0952. The van der Waals surface area contributed by atoms with Crippen LogP contribution in [0.2, 0.25) is 0 Å². The van der Waals surface area contributed by atoms with Gasteiger partial charge in [0.05, 0.1) is 12.7 Å². The minimum atomic E-state index is -0.0875. The third-order valence-electron chi connectivity index (χ3n) is 2.61. The molecule has 0 aliphatic heterocycles. The maximum Gasteiger partial charge on any atom is 0.255 e. The van der Waals surface area contributed by atoms with Crippen LogP contribution in [0.1, 0.15) is 43.6 Å². The largest absolute Gasteiger partial charge is 0.496 e. The number of rotatable bonds is 3. The molecule has 0 radical (unpaired) electrons. The number of benzene rings is 1. The molecule has 3 heteroatoms. The molecular formula is C14H21NO2. The van der Waals surface area contributed by atoms with Crippen molar-refractivity contribution in [3.63, 3.8) is 0 Å². The molecule has 0 unspecified atom stereocenters. The van der Waals surface area contributed by atoms with E-state index in [4.69, 9.17) is 4.74 Å². The van der Waals surface area contributed by atoms with E-state index in [1.165, 1.54) is 0 Å². The summed E-state index contributed by atoms with van der Waals surface area (Å²) in [7, 11) is 1.60. The van der Waals surface area contributed by atoms with Gasteiger partial charge in [-0.2, -0.15) is 0 Å². The minimum absolute atomic E-state index is 0.0478. The Hall–Kier alpha value is -1.51. The highest BCUT2D eigenvalue weighted by atomic mass is 16.5. The van der Waals surface area contributed by atoms with Gasteiger partial charge in [-0.25, -0.2) is 0 Å². The average Bonchev–Trinajstić information content (AvgIpc) is 2.27. The molecule has 0 saturated heterocycles. The summed E-state index contributed by atoms with van der Waals surface area (Å²) in [4.78, 5) is 11.9. The molecular weight excluding hydrogens is 214 g/mol. The molecule has 0 aliphatic rings. The summed E-state index contributed by atoms with van der Waals surface area (Å²) in [6.07, 6.45) is 0. The molecule has 94 valence electrons. The number of carbonyl (C=O) groups is 1. The van der Waals surface area contributed by atoms with Gasteiger partial charge < -0.3 is 10.1 Å². The monoisotopic (exact) mass is 235 g/mol. The zero-order chi connectivity index (χ0) is 13.1. The highest BCUT2D eigenvalue weighted by molar-refractivity contribution is 5.97. The second-order valence-corrected chi connectivity index (χ2v) is 5.00. The number of hydrogen-bond donors (Lipinski definition) is 1. The second-order valence-electron chi connectivity index (χ2n) is 5.00. The number of ether oxygens (including phenoxy) is 1. The Morgan fingerprint density at radius 3 is 2.47 bits per heavy atom. The quantitative estimate of drug-likeness (QED) is 0.874. The van der Waals surface area contributed by atoms with Crippen LogP contribution in [0.25, 0.3) is 0 Å². The van der Waals surface area contributed by atoms with Crippen molar-refractivity contribution in [1.82, 2.24) is 5.32 Å². The van der Waals surface area contributed by atoms with Crippen molar-refractivity contribution in [2.75, 3.05) is 13.7 Å². The van der Waals surface area contributed by atoms with Gasteiger partial charge in [-0.15, -0.1) is 0 Å². The van der Waals surface area contributed by atoms with Gasteiger partial charge in [-0.3, -0.25) is 4.79 Å². The summed E-state index contributed by atoms with van der Waals surface area (Å²) >= 11 is 0. The summed E-state index contributed by atoms with van der Waals surface area (Å²) in [6, 6.07) is 5.69. The normalized spacial score (nSPS) is 11.1. The lowest BCUT2D eigenvalue weighted by Gasteiger charge is -2.23. The smallest absolute Gasteiger partial charge is 0.255 e. The summed E-state index contributed by atoms with van der Waals surface area (Å²) in [5.74, 6) is 0.585. The van der Waals surface area contributed by atoms with Crippen LogP contribution in [0.15, 0.2) is 18.2 Å². The van der Waals surface area contributed by atoms with Gasteiger partial charge >= 0.3 is 0 Å². The SMILES string of the molecule is CCNC(=O)c1cccc(C(C)(C)C)c1OC. The molecule has 0 heterocycles. The Kier molecular flexibility index (Phi) is 4.16. The van der Waals surface area contributed by atoms with Crippen molar-refractivity contribution in [3.8, 4) is 5.75 Å². The Balaban J connectivity index is 3.29. The van der Waals surface area contributed by atoms with E-state index in [0.29, 0.717) is 17.9 Å². The van der Waals surface area contributed by atoms with Crippen LogP contribution < -0.4 is 10.1 Å². The fourth-order valence-electron chi connectivity index (χ4n) is 1.78. The van der Waals surface area contributed by atoms with Crippen molar-refractivity contribution < 1.29 is 9.53 Å². The van der Waals surface area contributed by atoms with E-state index in [1.807, 2.05) is 19.1 Å². The van der Waals surface area contributed by atoms with Crippen LogP contribution in [0.4, 0.5) is 0 Å². The number of para-hydroxylation sites is 1. The van der Waals surface area contributed by atoms with Crippen LogP contribution in [0.3, 0.4) is 0 Å². The maximum atomic E-state index is 11.9. The number of methoxy groups -OCH3 is 1. The van der Waals surface area contributed by atoms with Crippen molar-refractivity contribution in [3.05, 3.63) is 29.3 Å². The van der Waals surface area contributed by atoms with Gasteiger partial charge in [0, 0.05) is 12.1 Å². The number of nitrogens with one attached hydrogen (secondary N) is 1. The number of hydrogen-bond acceptors (Lipinski definition) is 2. The fourth-order valence-corrected chi connectivity index (χ4v) is 1.78. The topological polar surface area (TPSA) is 38.3 Å². The minimum Gasteiger partial charge on any atom is -0.496 e. The van der Waals surface area contributed by atoms with Crippen molar-refractivity contribution in [1.29, 1.82) is 0 Å². The molecule has 0 fully saturated rings. The first-order chi connectivity index (χ1) is 7.91. The van der Waals surface area contributed by atoms with Gasteiger partial charge in [-0.1, -0.05) is 32.9 Å². The lowest BCUT2D eigenvalue weighted by atomic mass is 9.85. The zero-order valence-electron chi connectivity index (χ0n) is 11.3. The summed E-state index contributed by atoms with van der Waals surface area (Å²) in [6.45, 7) is 8.82. The van der Waals surface area contributed by atoms with Gasteiger partial charge in [0.25, 0.3) is 5.91 Å². The lowest BCUT2D eigenvalue weighted by Crippen LogP contribution is -2.24. The summed E-state index contributed by atoms with van der Waals surface area (Å²) < 4.78 is 5.41. The van der Waals surface area contributed by atoms with E-state index in [-0.39, 0.29) is 11.3 Å². The van der Waals surface area contributed by atoms with Crippen molar-refractivity contribution in [2.24, 2.45) is 0 Å². The molecule has 0 aliphatic carbocycles. The molecule has 0 spiro atoms. The number of carbonyl (C=O) groups excluding carboxylic acids is 1.